The fraction of sp³-hybridized carbons (Fsp3) is 0.467. The quantitative estimate of drug-likeness (QED) is 0.803. The zero-order valence-electron chi connectivity index (χ0n) is 11.1. The van der Waals surface area contributed by atoms with E-state index in [9.17, 15) is 0 Å². The van der Waals surface area contributed by atoms with Gasteiger partial charge in [-0.1, -0.05) is 18.2 Å². The Morgan fingerprint density at radius 1 is 1.33 bits per heavy atom. The van der Waals surface area contributed by atoms with Crippen molar-refractivity contribution >= 4 is 6.08 Å². The van der Waals surface area contributed by atoms with Gasteiger partial charge in [0.05, 0.1) is 13.7 Å². The zero-order valence-corrected chi connectivity index (χ0v) is 11.1. The summed E-state index contributed by atoms with van der Waals surface area (Å²) in [6, 6.07) is 6.75. The molecule has 0 saturated heterocycles. The molecule has 1 aromatic carbocycles. The van der Waals surface area contributed by atoms with Crippen molar-refractivity contribution in [2.24, 2.45) is 0 Å². The molecule has 0 bridgehead atoms. The van der Waals surface area contributed by atoms with Gasteiger partial charge in [0.25, 0.3) is 0 Å². The third-order valence-electron chi connectivity index (χ3n) is 2.90. The highest BCUT2D eigenvalue weighted by Crippen LogP contribution is 2.28. The van der Waals surface area contributed by atoms with Crippen LogP contribution in [0.15, 0.2) is 24.3 Å². The van der Waals surface area contributed by atoms with Crippen molar-refractivity contribution in [3.63, 3.8) is 0 Å². The van der Waals surface area contributed by atoms with Crippen LogP contribution in [0.3, 0.4) is 0 Å². The molecule has 18 heavy (non-hydrogen) atoms. The Hall–Kier alpha value is -1.48. The first-order valence-corrected chi connectivity index (χ1v) is 6.54. The lowest BCUT2D eigenvalue weighted by Crippen LogP contribution is -2.15. The number of methoxy groups -OCH3 is 1. The molecule has 1 aromatic rings. The molecule has 0 amide bonds. The lowest BCUT2D eigenvalue weighted by molar-refractivity contribution is 0.311. The normalized spacial score (nSPS) is 15.0. The molecule has 0 radical (unpaired) electrons. The average Bonchev–Trinajstić information content (AvgIpc) is 3.20. The molecule has 3 nitrogen and oxygen atoms in total. The van der Waals surface area contributed by atoms with Crippen LogP contribution in [0, 0.1) is 0 Å². The van der Waals surface area contributed by atoms with E-state index >= 15 is 0 Å². The van der Waals surface area contributed by atoms with Gasteiger partial charge in [-0.2, -0.15) is 0 Å². The predicted molar refractivity (Wildman–Crippen MR) is 74.2 cm³/mol. The van der Waals surface area contributed by atoms with Gasteiger partial charge in [0.1, 0.15) is 0 Å². The summed E-state index contributed by atoms with van der Waals surface area (Å²) in [6.07, 6.45) is 6.90. The third kappa shape index (κ3) is 3.77. The molecule has 0 spiro atoms. The van der Waals surface area contributed by atoms with Crippen LogP contribution in [0.5, 0.6) is 11.5 Å². The van der Waals surface area contributed by atoms with E-state index in [4.69, 9.17) is 9.47 Å². The van der Waals surface area contributed by atoms with Gasteiger partial charge < -0.3 is 14.8 Å². The second kappa shape index (κ2) is 6.45. The Labute approximate surface area is 109 Å². The molecule has 1 aliphatic rings. The van der Waals surface area contributed by atoms with Crippen molar-refractivity contribution in [1.82, 2.24) is 5.32 Å². The molecule has 0 unspecified atom stereocenters. The topological polar surface area (TPSA) is 30.5 Å². The SMILES string of the molecule is CCOc1ccc(C=CCNC2CC2)cc1OC. The number of rotatable bonds is 7. The van der Waals surface area contributed by atoms with E-state index in [2.05, 4.69) is 17.5 Å². The Morgan fingerprint density at radius 3 is 2.83 bits per heavy atom. The van der Waals surface area contributed by atoms with Crippen molar-refractivity contribution in [1.29, 1.82) is 0 Å². The van der Waals surface area contributed by atoms with Gasteiger partial charge >= 0.3 is 0 Å². The van der Waals surface area contributed by atoms with Gasteiger partial charge in [0, 0.05) is 12.6 Å². The third-order valence-corrected chi connectivity index (χ3v) is 2.90. The Bertz CT molecular complexity index is 411. The minimum Gasteiger partial charge on any atom is -0.493 e. The van der Waals surface area contributed by atoms with Crippen molar-refractivity contribution < 1.29 is 9.47 Å². The second-order valence-corrected chi connectivity index (χ2v) is 4.43. The Kier molecular flexibility index (Phi) is 4.65. The molecular formula is C15H21NO2. The first kappa shape index (κ1) is 13.0. The highest BCUT2D eigenvalue weighted by molar-refractivity contribution is 5.56. The molecule has 1 saturated carbocycles. The molecule has 98 valence electrons. The lowest BCUT2D eigenvalue weighted by Gasteiger charge is -2.09. The molecule has 1 aliphatic carbocycles. The van der Waals surface area contributed by atoms with E-state index in [-0.39, 0.29) is 0 Å². The van der Waals surface area contributed by atoms with E-state index in [0.717, 1.165) is 29.6 Å². The van der Waals surface area contributed by atoms with Gasteiger partial charge in [-0.05, 0) is 37.5 Å². The van der Waals surface area contributed by atoms with Crippen molar-refractivity contribution in [2.45, 2.75) is 25.8 Å². The Morgan fingerprint density at radius 2 is 2.17 bits per heavy atom. The van der Waals surface area contributed by atoms with Crippen molar-refractivity contribution in [2.75, 3.05) is 20.3 Å². The molecule has 1 N–H and O–H groups in total. The summed E-state index contributed by atoms with van der Waals surface area (Å²) in [6.45, 7) is 3.55. The maximum Gasteiger partial charge on any atom is 0.161 e. The summed E-state index contributed by atoms with van der Waals surface area (Å²) < 4.78 is 10.8. The molecule has 0 atom stereocenters. The first-order valence-electron chi connectivity index (χ1n) is 6.54. The minimum atomic E-state index is 0.650. The Balaban J connectivity index is 1.94. The smallest absolute Gasteiger partial charge is 0.161 e. The number of benzene rings is 1. The van der Waals surface area contributed by atoms with Gasteiger partial charge in [-0.3, -0.25) is 0 Å². The van der Waals surface area contributed by atoms with E-state index in [1.54, 1.807) is 7.11 Å². The van der Waals surface area contributed by atoms with Crippen LogP contribution >= 0.6 is 0 Å². The minimum absolute atomic E-state index is 0.650. The standard InChI is InChI=1S/C15H21NO2/c1-3-18-14-9-6-12(11-15(14)17-2)5-4-10-16-13-7-8-13/h4-6,9,11,13,16H,3,7-8,10H2,1-2H3. The van der Waals surface area contributed by atoms with Gasteiger partial charge in [-0.15, -0.1) is 0 Å². The van der Waals surface area contributed by atoms with Crippen LogP contribution in [0.4, 0.5) is 0 Å². The van der Waals surface area contributed by atoms with Crippen LogP contribution in [0.1, 0.15) is 25.3 Å². The predicted octanol–water partition coefficient (Wildman–Crippen LogP) is 2.86. The maximum absolute atomic E-state index is 5.49. The van der Waals surface area contributed by atoms with Crippen LogP contribution in [-0.4, -0.2) is 26.3 Å². The molecule has 0 aliphatic heterocycles. The molecule has 1 fully saturated rings. The van der Waals surface area contributed by atoms with Crippen LogP contribution in [0.25, 0.3) is 6.08 Å². The second-order valence-electron chi connectivity index (χ2n) is 4.43. The zero-order chi connectivity index (χ0) is 12.8. The highest BCUT2D eigenvalue weighted by Gasteiger charge is 2.18. The van der Waals surface area contributed by atoms with E-state index in [1.807, 2.05) is 25.1 Å². The summed E-state index contributed by atoms with van der Waals surface area (Å²) in [5.41, 5.74) is 1.13. The average molecular weight is 247 g/mol. The summed E-state index contributed by atoms with van der Waals surface area (Å²) in [4.78, 5) is 0. The summed E-state index contributed by atoms with van der Waals surface area (Å²) in [5, 5.41) is 3.44. The summed E-state index contributed by atoms with van der Waals surface area (Å²) in [7, 11) is 1.67. The molecule has 0 heterocycles. The molecular weight excluding hydrogens is 226 g/mol. The van der Waals surface area contributed by atoms with Gasteiger partial charge in [0.15, 0.2) is 11.5 Å². The van der Waals surface area contributed by atoms with E-state index in [1.165, 1.54) is 12.8 Å². The number of ether oxygens (including phenoxy) is 2. The molecule has 3 heteroatoms. The largest absolute Gasteiger partial charge is 0.493 e. The fourth-order valence-corrected chi connectivity index (χ4v) is 1.78. The number of hydrogen-bond acceptors (Lipinski definition) is 3. The highest BCUT2D eigenvalue weighted by atomic mass is 16.5. The van der Waals surface area contributed by atoms with Gasteiger partial charge in [0.2, 0.25) is 0 Å². The molecule has 2 rings (SSSR count). The summed E-state index contributed by atoms with van der Waals surface area (Å²) in [5.74, 6) is 1.59. The maximum atomic E-state index is 5.49. The van der Waals surface area contributed by atoms with Crippen molar-refractivity contribution in [3.8, 4) is 11.5 Å². The fourth-order valence-electron chi connectivity index (χ4n) is 1.78. The van der Waals surface area contributed by atoms with Crippen LogP contribution < -0.4 is 14.8 Å². The van der Waals surface area contributed by atoms with Crippen LogP contribution in [-0.2, 0) is 0 Å². The molecule has 0 aromatic heterocycles. The van der Waals surface area contributed by atoms with Crippen molar-refractivity contribution in [3.05, 3.63) is 29.8 Å². The number of nitrogens with one attached hydrogen (secondary N) is 1. The monoisotopic (exact) mass is 247 g/mol. The first-order chi connectivity index (χ1) is 8.83. The lowest BCUT2D eigenvalue weighted by atomic mass is 10.2. The van der Waals surface area contributed by atoms with Gasteiger partial charge in [-0.25, -0.2) is 0 Å². The number of hydrogen-bond donors (Lipinski definition) is 1. The van der Waals surface area contributed by atoms with E-state index < -0.39 is 0 Å². The summed E-state index contributed by atoms with van der Waals surface area (Å²) >= 11 is 0. The van der Waals surface area contributed by atoms with E-state index in [0.29, 0.717) is 6.61 Å². The van der Waals surface area contributed by atoms with Crippen LogP contribution in [0.2, 0.25) is 0 Å².